The molecule has 0 heterocycles. The molecule has 0 bridgehead atoms. The van der Waals surface area contributed by atoms with E-state index in [2.05, 4.69) is 29.6 Å². The molecule has 0 aliphatic heterocycles. The molecule has 1 amide bonds. The highest BCUT2D eigenvalue weighted by Crippen LogP contribution is 2.18. The number of hydrogen-bond donors (Lipinski definition) is 1. The normalized spacial score (nSPS) is 11.9. The average molecular weight is 340 g/mol. The Bertz CT molecular complexity index is 863. The highest BCUT2D eigenvalue weighted by atomic mass is 35.5. The van der Waals surface area contributed by atoms with Gasteiger partial charge in [0.05, 0.1) is 0 Å². The van der Waals surface area contributed by atoms with Gasteiger partial charge in [-0.1, -0.05) is 54.1 Å². The number of ether oxygens (including phenoxy) is 1. The van der Waals surface area contributed by atoms with Gasteiger partial charge in [-0.3, -0.25) is 4.79 Å². The zero-order chi connectivity index (χ0) is 16.9. The number of hydrogen-bond acceptors (Lipinski definition) is 2. The van der Waals surface area contributed by atoms with Crippen molar-refractivity contribution >= 4 is 28.3 Å². The Labute approximate surface area is 146 Å². The Morgan fingerprint density at radius 3 is 2.62 bits per heavy atom. The van der Waals surface area contributed by atoms with Crippen molar-refractivity contribution in [3.8, 4) is 5.75 Å². The van der Waals surface area contributed by atoms with Crippen molar-refractivity contribution in [2.24, 2.45) is 0 Å². The van der Waals surface area contributed by atoms with Crippen molar-refractivity contribution in [1.82, 2.24) is 5.32 Å². The number of fused-ring (bicyclic) bond motifs is 1. The van der Waals surface area contributed by atoms with Gasteiger partial charge >= 0.3 is 0 Å². The molecule has 4 heteroatoms. The fraction of sp³-hybridized carbons (Fsp3) is 0.150. The number of benzene rings is 3. The second-order valence-electron chi connectivity index (χ2n) is 5.62. The maximum absolute atomic E-state index is 12.2. The molecule has 3 aromatic carbocycles. The highest BCUT2D eigenvalue weighted by molar-refractivity contribution is 6.30. The van der Waals surface area contributed by atoms with Crippen molar-refractivity contribution in [3.05, 3.63) is 77.3 Å². The SMILES string of the molecule is C[C@@H](Oc1cccc(Cl)c1)C(=O)NCc1ccc2ccccc2c1. The second kappa shape index (κ2) is 7.37. The predicted octanol–water partition coefficient (Wildman–Crippen LogP) is 4.58. The molecular weight excluding hydrogens is 322 g/mol. The van der Waals surface area contributed by atoms with Crippen molar-refractivity contribution in [1.29, 1.82) is 0 Å². The number of rotatable bonds is 5. The number of halogens is 1. The summed E-state index contributed by atoms with van der Waals surface area (Å²) in [6, 6.07) is 21.3. The first-order chi connectivity index (χ1) is 11.6. The van der Waals surface area contributed by atoms with Gasteiger partial charge in [0.2, 0.25) is 0 Å². The first-order valence-electron chi connectivity index (χ1n) is 7.79. The van der Waals surface area contributed by atoms with Gasteiger partial charge in [0.1, 0.15) is 5.75 Å². The quantitative estimate of drug-likeness (QED) is 0.739. The van der Waals surface area contributed by atoms with E-state index >= 15 is 0 Å². The molecule has 122 valence electrons. The van der Waals surface area contributed by atoms with Crippen molar-refractivity contribution in [2.45, 2.75) is 19.6 Å². The van der Waals surface area contributed by atoms with Gasteiger partial charge in [0.25, 0.3) is 5.91 Å². The molecule has 0 saturated carbocycles. The summed E-state index contributed by atoms with van der Waals surface area (Å²) < 4.78 is 5.62. The zero-order valence-corrected chi connectivity index (χ0v) is 14.1. The molecule has 3 rings (SSSR count). The molecule has 0 spiro atoms. The summed E-state index contributed by atoms with van der Waals surface area (Å²) in [6.07, 6.45) is -0.594. The summed E-state index contributed by atoms with van der Waals surface area (Å²) in [4.78, 5) is 12.2. The van der Waals surface area contributed by atoms with Gasteiger partial charge in [0, 0.05) is 11.6 Å². The lowest BCUT2D eigenvalue weighted by Gasteiger charge is -2.15. The van der Waals surface area contributed by atoms with Crippen molar-refractivity contribution < 1.29 is 9.53 Å². The van der Waals surface area contributed by atoms with E-state index in [1.54, 1.807) is 31.2 Å². The molecule has 0 saturated heterocycles. The standard InChI is InChI=1S/C20H18ClNO2/c1-14(24-19-8-4-7-18(21)12-19)20(23)22-13-15-9-10-16-5-2-3-6-17(16)11-15/h2-12,14H,13H2,1H3,(H,22,23)/t14-/m1/s1. The van der Waals surface area contributed by atoms with E-state index in [4.69, 9.17) is 16.3 Å². The minimum absolute atomic E-state index is 0.164. The van der Waals surface area contributed by atoms with Gasteiger partial charge < -0.3 is 10.1 Å². The average Bonchev–Trinajstić information content (AvgIpc) is 2.59. The Kier molecular flexibility index (Phi) is 5.02. The highest BCUT2D eigenvalue weighted by Gasteiger charge is 2.14. The Morgan fingerprint density at radius 1 is 1.04 bits per heavy atom. The lowest BCUT2D eigenvalue weighted by atomic mass is 10.1. The van der Waals surface area contributed by atoms with E-state index < -0.39 is 6.10 Å². The molecule has 0 fully saturated rings. The van der Waals surface area contributed by atoms with Crippen LogP contribution in [0, 0.1) is 0 Å². The second-order valence-corrected chi connectivity index (χ2v) is 6.05. The molecule has 1 atom stereocenters. The van der Waals surface area contributed by atoms with Crippen LogP contribution in [0.1, 0.15) is 12.5 Å². The van der Waals surface area contributed by atoms with Crippen LogP contribution in [0.15, 0.2) is 66.7 Å². The molecule has 0 radical (unpaired) electrons. The van der Waals surface area contributed by atoms with E-state index in [1.165, 1.54) is 5.39 Å². The van der Waals surface area contributed by atoms with Crippen LogP contribution in [0.25, 0.3) is 10.8 Å². The molecule has 1 N–H and O–H groups in total. The monoisotopic (exact) mass is 339 g/mol. The van der Waals surface area contributed by atoms with E-state index in [-0.39, 0.29) is 5.91 Å². The van der Waals surface area contributed by atoms with Gasteiger partial charge in [-0.25, -0.2) is 0 Å². The molecule has 0 aliphatic rings. The van der Waals surface area contributed by atoms with Crippen LogP contribution in [0.3, 0.4) is 0 Å². The first-order valence-corrected chi connectivity index (χ1v) is 8.17. The van der Waals surface area contributed by atoms with Crippen LogP contribution in [-0.4, -0.2) is 12.0 Å². The van der Waals surface area contributed by atoms with Gasteiger partial charge in [-0.2, -0.15) is 0 Å². The van der Waals surface area contributed by atoms with Crippen molar-refractivity contribution in [3.63, 3.8) is 0 Å². The summed E-state index contributed by atoms with van der Waals surface area (Å²) in [5.74, 6) is 0.416. The number of amides is 1. The first kappa shape index (κ1) is 16.3. The Hall–Kier alpha value is -2.52. The Morgan fingerprint density at radius 2 is 1.83 bits per heavy atom. The van der Waals surface area contributed by atoms with Gasteiger partial charge in [0.15, 0.2) is 6.10 Å². The summed E-state index contributed by atoms with van der Waals surface area (Å²) in [7, 11) is 0. The van der Waals surface area contributed by atoms with Gasteiger partial charge in [-0.05, 0) is 47.5 Å². The third kappa shape index (κ3) is 4.06. The summed E-state index contributed by atoms with van der Waals surface area (Å²) in [5, 5.41) is 5.83. The zero-order valence-electron chi connectivity index (χ0n) is 13.3. The number of carbonyl (C=O) groups excluding carboxylic acids is 1. The van der Waals surface area contributed by atoms with Crippen LogP contribution in [0.5, 0.6) is 5.75 Å². The third-order valence-electron chi connectivity index (χ3n) is 3.76. The lowest BCUT2D eigenvalue weighted by Crippen LogP contribution is -2.35. The topological polar surface area (TPSA) is 38.3 Å². The van der Waals surface area contributed by atoms with Gasteiger partial charge in [-0.15, -0.1) is 0 Å². The third-order valence-corrected chi connectivity index (χ3v) is 3.99. The van der Waals surface area contributed by atoms with E-state index in [9.17, 15) is 4.79 Å². The summed E-state index contributed by atoms with van der Waals surface area (Å²) >= 11 is 5.92. The molecule has 0 unspecified atom stereocenters. The van der Waals surface area contributed by atoms with Crippen molar-refractivity contribution in [2.75, 3.05) is 0 Å². The smallest absolute Gasteiger partial charge is 0.261 e. The molecule has 24 heavy (non-hydrogen) atoms. The molecule has 3 aromatic rings. The Balaban J connectivity index is 1.59. The lowest BCUT2D eigenvalue weighted by molar-refractivity contribution is -0.127. The molecule has 0 aliphatic carbocycles. The van der Waals surface area contributed by atoms with Crippen LogP contribution in [0.4, 0.5) is 0 Å². The fourth-order valence-corrected chi connectivity index (χ4v) is 2.66. The number of carbonyl (C=O) groups is 1. The molecule has 0 aromatic heterocycles. The largest absolute Gasteiger partial charge is 0.481 e. The van der Waals surface area contributed by atoms with Crippen LogP contribution < -0.4 is 10.1 Å². The van der Waals surface area contributed by atoms with E-state index in [0.717, 1.165) is 10.9 Å². The maximum atomic E-state index is 12.2. The number of nitrogens with one attached hydrogen (secondary N) is 1. The summed E-state index contributed by atoms with van der Waals surface area (Å²) in [6.45, 7) is 2.18. The predicted molar refractivity (Wildman–Crippen MR) is 97.3 cm³/mol. The fourth-order valence-electron chi connectivity index (χ4n) is 2.48. The maximum Gasteiger partial charge on any atom is 0.261 e. The van der Waals surface area contributed by atoms with Crippen LogP contribution in [0.2, 0.25) is 5.02 Å². The molecule has 3 nitrogen and oxygen atoms in total. The summed E-state index contributed by atoms with van der Waals surface area (Å²) in [5.41, 5.74) is 1.05. The van der Waals surface area contributed by atoms with Crippen LogP contribution in [-0.2, 0) is 11.3 Å². The molecular formula is C20H18ClNO2. The van der Waals surface area contributed by atoms with Crippen LogP contribution >= 0.6 is 11.6 Å². The minimum atomic E-state index is -0.594. The minimum Gasteiger partial charge on any atom is -0.481 e. The van der Waals surface area contributed by atoms with E-state index in [1.807, 2.05) is 18.2 Å². The van der Waals surface area contributed by atoms with E-state index in [0.29, 0.717) is 17.3 Å².